The van der Waals surface area contributed by atoms with Crippen LogP contribution >= 0.6 is 0 Å². The molecule has 1 fully saturated rings. The summed E-state index contributed by atoms with van der Waals surface area (Å²) in [6.07, 6.45) is 2.05. The smallest absolute Gasteiger partial charge is 0.255 e. The van der Waals surface area contributed by atoms with Gasteiger partial charge in [0.05, 0.1) is 6.61 Å². The van der Waals surface area contributed by atoms with E-state index in [1.807, 2.05) is 36.1 Å². The number of amides is 1. The van der Waals surface area contributed by atoms with Crippen molar-refractivity contribution in [2.75, 3.05) is 35.2 Å². The Balaban J connectivity index is 1.35. The first-order chi connectivity index (χ1) is 16.0. The molecule has 1 heterocycles. The Morgan fingerprint density at radius 3 is 2.30 bits per heavy atom. The molecule has 0 saturated carbocycles. The van der Waals surface area contributed by atoms with E-state index in [0.717, 1.165) is 37.2 Å². The number of piperidine rings is 1. The first-order valence-electron chi connectivity index (χ1n) is 11.4. The summed E-state index contributed by atoms with van der Waals surface area (Å²) in [5.74, 6) is 1.20. The molecule has 7 nitrogen and oxygen atoms in total. The Hall–Kier alpha value is -3.61. The van der Waals surface area contributed by atoms with Gasteiger partial charge in [-0.15, -0.1) is 0 Å². The minimum atomic E-state index is -0.449. The van der Waals surface area contributed by atoms with E-state index in [1.54, 1.807) is 24.3 Å². The van der Waals surface area contributed by atoms with Crippen molar-refractivity contribution in [1.29, 1.82) is 0 Å². The molecule has 1 amide bonds. The van der Waals surface area contributed by atoms with Gasteiger partial charge in [0.15, 0.2) is 0 Å². The van der Waals surface area contributed by atoms with E-state index < -0.39 is 10.9 Å². The number of nitrogens with zero attached hydrogens (tertiary/aromatic N) is 1. The SMILES string of the molecule is CCOc1ccc(NC(=O)c2ccc(CNc3c(N4CCC(C)CC4)c(=O)c3=O)cc2)cc1. The number of benzene rings is 2. The lowest BCUT2D eigenvalue weighted by Gasteiger charge is -2.33. The van der Waals surface area contributed by atoms with Crippen LogP contribution in [0.4, 0.5) is 17.1 Å². The van der Waals surface area contributed by atoms with E-state index in [2.05, 4.69) is 17.6 Å². The molecule has 0 aliphatic carbocycles. The van der Waals surface area contributed by atoms with Crippen molar-refractivity contribution in [3.05, 3.63) is 80.1 Å². The van der Waals surface area contributed by atoms with Crippen LogP contribution in [0, 0.1) is 5.92 Å². The molecule has 172 valence electrons. The highest BCUT2D eigenvalue weighted by Gasteiger charge is 2.28. The molecule has 0 bridgehead atoms. The first kappa shape index (κ1) is 22.6. The average Bonchev–Trinajstić information content (AvgIpc) is 2.84. The normalized spacial score (nSPS) is 14.3. The quantitative estimate of drug-likeness (QED) is 0.511. The van der Waals surface area contributed by atoms with Crippen LogP contribution in [-0.4, -0.2) is 25.6 Å². The molecule has 3 aromatic rings. The van der Waals surface area contributed by atoms with E-state index in [9.17, 15) is 14.4 Å². The van der Waals surface area contributed by atoms with Crippen LogP contribution < -0.4 is 31.1 Å². The van der Waals surface area contributed by atoms with Gasteiger partial charge in [0.1, 0.15) is 17.1 Å². The zero-order valence-corrected chi connectivity index (χ0v) is 19.0. The maximum Gasteiger partial charge on any atom is 0.255 e. The molecule has 7 heteroatoms. The lowest BCUT2D eigenvalue weighted by Crippen LogP contribution is -2.45. The fourth-order valence-corrected chi connectivity index (χ4v) is 4.05. The van der Waals surface area contributed by atoms with Crippen LogP contribution in [0.5, 0.6) is 5.75 Å². The number of hydrogen-bond acceptors (Lipinski definition) is 6. The average molecular weight is 448 g/mol. The van der Waals surface area contributed by atoms with Crippen LogP contribution in [0.3, 0.4) is 0 Å². The topological polar surface area (TPSA) is 87.7 Å². The van der Waals surface area contributed by atoms with Crippen molar-refractivity contribution in [3.8, 4) is 5.75 Å². The van der Waals surface area contributed by atoms with Gasteiger partial charge >= 0.3 is 0 Å². The van der Waals surface area contributed by atoms with Crippen LogP contribution in [0.2, 0.25) is 0 Å². The Kier molecular flexibility index (Phi) is 6.77. The molecule has 0 aromatic heterocycles. The molecule has 4 rings (SSSR count). The largest absolute Gasteiger partial charge is 0.494 e. The van der Waals surface area contributed by atoms with E-state index in [-0.39, 0.29) is 5.91 Å². The molecule has 0 radical (unpaired) electrons. The van der Waals surface area contributed by atoms with Crippen LogP contribution in [0.15, 0.2) is 58.1 Å². The summed E-state index contributed by atoms with van der Waals surface area (Å²) < 4.78 is 5.41. The van der Waals surface area contributed by atoms with Gasteiger partial charge in [-0.05, 0) is 67.6 Å². The minimum Gasteiger partial charge on any atom is -0.494 e. The predicted molar refractivity (Wildman–Crippen MR) is 131 cm³/mol. The zero-order chi connectivity index (χ0) is 23.4. The van der Waals surface area contributed by atoms with Gasteiger partial charge in [-0.25, -0.2) is 0 Å². The zero-order valence-electron chi connectivity index (χ0n) is 19.0. The Bertz CT molecular complexity index is 1170. The molecule has 1 aliphatic heterocycles. The number of carbonyl (C=O) groups excluding carboxylic acids is 1. The maximum atomic E-state index is 12.5. The third-order valence-electron chi connectivity index (χ3n) is 6.09. The summed E-state index contributed by atoms with van der Waals surface area (Å²) in [4.78, 5) is 38.8. The van der Waals surface area contributed by atoms with Crippen molar-refractivity contribution in [3.63, 3.8) is 0 Å². The van der Waals surface area contributed by atoms with Gasteiger partial charge in [-0.2, -0.15) is 0 Å². The predicted octanol–water partition coefficient (Wildman–Crippen LogP) is 3.78. The molecule has 33 heavy (non-hydrogen) atoms. The number of nitrogens with one attached hydrogen (secondary N) is 2. The fraction of sp³-hybridized carbons (Fsp3) is 0.346. The first-order valence-corrected chi connectivity index (χ1v) is 11.4. The Labute approximate surface area is 193 Å². The van der Waals surface area contributed by atoms with Crippen molar-refractivity contribution in [1.82, 2.24) is 0 Å². The summed E-state index contributed by atoms with van der Waals surface area (Å²) in [6, 6.07) is 14.4. The van der Waals surface area contributed by atoms with Gasteiger partial charge in [0, 0.05) is 30.9 Å². The minimum absolute atomic E-state index is 0.206. The van der Waals surface area contributed by atoms with Gasteiger partial charge in [-0.3, -0.25) is 14.4 Å². The third kappa shape index (κ3) is 5.08. The van der Waals surface area contributed by atoms with E-state index in [4.69, 9.17) is 4.74 Å². The molecular formula is C26H29N3O4. The monoisotopic (exact) mass is 447 g/mol. The summed E-state index contributed by atoms with van der Waals surface area (Å²) >= 11 is 0. The Morgan fingerprint density at radius 1 is 1.00 bits per heavy atom. The number of anilines is 3. The lowest BCUT2D eigenvalue weighted by atomic mass is 9.98. The third-order valence-corrected chi connectivity index (χ3v) is 6.09. The second kappa shape index (κ2) is 9.90. The lowest BCUT2D eigenvalue weighted by molar-refractivity contribution is 0.102. The maximum absolute atomic E-state index is 12.5. The highest BCUT2D eigenvalue weighted by Crippen LogP contribution is 2.26. The molecule has 1 saturated heterocycles. The van der Waals surface area contributed by atoms with Crippen molar-refractivity contribution in [2.45, 2.75) is 33.2 Å². The fourth-order valence-electron chi connectivity index (χ4n) is 4.05. The second-order valence-electron chi connectivity index (χ2n) is 8.51. The molecule has 3 aromatic carbocycles. The van der Waals surface area contributed by atoms with Crippen molar-refractivity contribution >= 4 is 23.0 Å². The summed E-state index contributed by atoms with van der Waals surface area (Å²) in [7, 11) is 0. The van der Waals surface area contributed by atoms with Crippen LogP contribution in [0.1, 0.15) is 42.6 Å². The number of rotatable bonds is 8. The standard InChI is InChI=1S/C26H29N3O4/c1-3-33-21-10-8-20(9-11-21)28-26(32)19-6-4-18(5-7-19)16-27-22-23(25(31)24(22)30)29-14-12-17(2)13-15-29/h4-11,17,27H,3,12-16H2,1-2H3,(H,28,32). The van der Waals surface area contributed by atoms with E-state index in [1.165, 1.54) is 0 Å². The van der Waals surface area contributed by atoms with Crippen LogP contribution in [-0.2, 0) is 6.54 Å². The highest BCUT2D eigenvalue weighted by molar-refractivity contribution is 6.04. The highest BCUT2D eigenvalue weighted by atomic mass is 16.5. The summed E-state index contributed by atoms with van der Waals surface area (Å²) in [6.45, 7) is 6.73. The molecule has 0 spiro atoms. The van der Waals surface area contributed by atoms with Crippen LogP contribution in [0.25, 0.3) is 0 Å². The van der Waals surface area contributed by atoms with E-state index in [0.29, 0.717) is 41.7 Å². The van der Waals surface area contributed by atoms with Gasteiger partial charge in [-0.1, -0.05) is 19.1 Å². The molecule has 2 N–H and O–H groups in total. The van der Waals surface area contributed by atoms with E-state index >= 15 is 0 Å². The summed E-state index contributed by atoms with van der Waals surface area (Å²) in [5.41, 5.74) is 2.23. The van der Waals surface area contributed by atoms with Crippen molar-refractivity contribution in [2.24, 2.45) is 5.92 Å². The number of carbonyl (C=O) groups is 1. The van der Waals surface area contributed by atoms with Crippen molar-refractivity contribution < 1.29 is 9.53 Å². The molecule has 0 atom stereocenters. The van der Waals surface area contributed by atoms with Gasteiger partial charge < -0.3 is 20.3 Å². The number of ether oxygens (including phenoxy) is 1. The number of hydrogen-bond donors (Lipinski definition) is 2. The van der Waals surface area contributed by atoms with Gasteiger partial charge in [0.25, 0.3) is 16.8 Å². The summed E-state index contributed by atoms with van der Waals surface area (Å²) in [5, 5.41) is 6.00. The molecule has 1 aliphatic rings. The Morgan fingerprint density at radius 2 is 1.67 bits per heavy atom. The van der Waals surface area contributed by atoms with Gasteiger partial charge in [0.2, 0.25) is 0 Å². The second-order valence-corrected chi connectivity index (χ2v) is 8.51. The molecular weight excluding hydrogens is 418 g/mol. The molecule has 0 unspecified atom stereocenters.